The van der Waals surface area contributed by atoms with Crippen molar-refractivity contribution >= 4 is 23.2 Å². The molecule has 0 aliphatic carbocycles. The standard InChI is InChI=1S/C18H18ClNO3/c1-22-15-7-8-17-13(10-15)4-3-9-20(17)18(21)12-23-16-6-2-5-14(19)11-16/h2,5-8,10-11H,3-4,9,12H2,1H3. The molecule has 5 heteroatoms. The van der Waals surface area contributed by atoms with Crippen molar-refractivity contribution in [3.05, 3.63) is 53.1 Å². The van der Waals surface area contributed by atoms with Gasteiger partial charge in [-0.2, -0.15) is 0 Å². The summed E-state index contributed by atoms with van der Waals surface area (Å²) >= 11 is 5.92. The molecule has 0 unspecified atom stereocenters. The maximum absolute atomic E-state index is 12.5. The highest BCUT2D eigenvalue weighted by Gasteiger charge is 2.23. The number of fused-ring (bicyclic) bond motifs is 1. The van der Waals surface area contributed by atoms with E-state index in [2.05, 4.69) is 0 Å². The van der Waals surface area contributed by atoms with E-state index in [0.29, 0.717) is 17.3 Å². The number of hydrogen-bond acceptors (Lipinski definition) is 3. The summed E-state index contributed by atoms with van der Waals surface area (Å²) in [6.45, 7) is 0.697. The highest BCUT2D eigenvalue weighted by atomic mass is 35.5. The highest BCUT2D eigenvalue weighted by Crippen LogP contribution is 2.30. The van der Waals surface area contributed by atoms with E-state index < -0.39 is 0 Å². The monoisotopic (exact) mass is 331 g/mol. The Balaban J connectivity index is 1.71. The number of carbonyl (C=O) groups excluding carboxylic acids is 1. The molecule has 2 aromatic carbocycles. The lowest BCUT2D eigenvalue weighted by molar-refractivity contribution is -0.120. The predicted molar refractivity (Wildman–Crippen MR) is 90.6 cm³/mol. The number of hydrogen-bond donors (Lipinski definition) is 0. The minimum absolute atomic E-state index is 0.00812. The van der Waals surface area contributed by atoms with Crippen LogP contribution in [-0.2, 0) is 11.2 Å². The minimum Gasteiger partial charge on any atom is -0.497 e. The van der Waals surface area contributed by atoms with E-state index in [1.165, 1.54) is 0 Å². The summed E-state index contributed by atoms with van der Waals surface area (Å²) in [5.41, 5.74) is 2.07. The molecule has 23 heavy (non-hydrogen) atoms. The molecule has 0 atom stereocenters. The fraction of sp³-hybridized carbons (Fsp3) is 0.278. The topological polar surface area (TPSA) is 38.8 Å². The Hall–Kier alpha value is -2.20. The number of carbonyl (C=O) groups is 1. The van der Waals surface area contributed by atoms with E-state index in [4.69, 9.17) is 21.1 Å². The smallest absolute Gasteiger partial charge is 0.264 e. The van der Waals surface area contributed by atoms with E-state index in [9.17, 15) is 4.79 Å². The van der Waals surface area contributed by atoms with Crippen molar-refractivity contribution in [1.82, 2.24) is 0 Å². The third-order valence-electron chi connectivity index (χ3n) is 3.86. The second kappa shape index (κ2) is 6.92. The molecule has 1 aliphatic heterocycles. The molecule has 0 fully saturated rings. The summed E-state index contributed by atoms with van der Waals surface area (Å²) in [5.74, 6) is 1.35. The SMILES string of the molecule is COc1ccc2c(c1)CCCN2C(=O)COc1cccc(Cl)c1. The summed E-state index contributed by atoms with van der Waals surface area (Å²) in [4.78, 5) is 14.3. The van der Waals surface area contributed by atoms with Gasteiger partial charge in [0.15, 0.2) is 6.61 Å². The number of anilines is 1. The molecule has 120 valence electrons. The number of benzene rings is 2. The average Bonchev–Trinajstić information content (AvgIpc) is 2.58. The van der Waals surface area contributed by atoms with Gasteiger partial charge in [0, 0.05) is 17.3 Å². The summed E-state index contributed by atoms with van der Waals surface area (Å²) in [6, 6.07) is 12.9. The predicted octanol–water partition coefficient (Wildman–Crippen LogP) is 3.71. The first-order chi connectivity index (χ1) is 11.2. The van der Waals surface area contributed by atoms with E-state index in [1.54, 1.807) is 36.3 Å². The third-order valence-corrected chi connectivity index (χ3v) is 4.10. The molecule has 4 nitrogen and oxygen atoms in total. The van der Waals surface area contributed by atoms with Gasteiger partial charge < -0.3 is 14.4 Å². The Labute approximate surface area is 140 Å². The summed E-state index contributed by atoms with van der Waals surface area (Å²) < 4.78 is 10.8. The van der Waals surface area contributed by atoms with Crippen molar-refractivity contribution in [1.29, 1.82) is 0 Å². The molecule has 2 aromatic rings. The molecule has 1 heterocycles. The van der Waals surface area contributed by atoms with Gasteiger partial charge in [-0.25, -0.2) is 0 Å². The van der Waals surface area contributed by atoms with Gasteiger partial charge >= 0.3 is 0 Å². The number of nitrogens with zero attached hydrogens (tertiary/aromatic N) is 1. The zero-order valence-corrected chi connectivity index (χ0v) is 13.7. The second-order valence-electron chi connectivity index (χ2n) is 5.39. The number of amides is 1. The molecular weight excluding hydrogens is 314 g/mol. The van der Waals surface area contributed by atoms with E-state index in [-0.39, 0.29) is 12.5 Å². The summed E-state index contributed by atoms with van der Waals surface area (Å²) in [5, 5.41) is 0.588. The third kappa shape index (κ3) is 3.59. The van der Waals surface area contributed by atoms with Crippen molar-refractivity contribution < 1.29 is 14.3 Å². The lowest BCUT2D eigenvalue weighted by Crippen LogP contribution is -2.38. The van der Waals surface area contributed by atoms with Gasteiger partial charge in [0.2, 0.25) is 0 Å². The van der Waals surface area contributed by atoms with Crippen LogP contribution in [0.3, 0.4) is 0 Å². The van der Waals surface area contributed by atoms with Crippen molar-refractivity contribution in [2.45, 2.75) is 12.8 Å². The van der Waals surface area contributed by atoms with Crippen molar-refractivity contribution in [3.63, 3.8) is 0 Å². The van der Waals surface area contributed by atoms with E-state index in [1.807, 2.05) is 18.2 Å². The number of ether oxygens (including phenoxy) is 2. The quantitative estimate of drug-likeness (QED) is 0.857. The van der Waals surface area contributed by atoms with Gasteiger partial charge in [0.25, 0.3) is 5.91 Å². The average molecular weight is 332 g/mol. The van der Waals surface area contributed by atoms with Crippen LogP contribution in [0.1, 0.15) is 12.0 Å². The molecule has 3 rings (SSSR count). The molecule has 0 N–H and O–H groups in total. The maximum Gasteiger partial charge on any atom is 0.264 e. The Morgan fingerprint density at radius 2 is 2.09 bits per heavy atom. The zero-order chi connectivity index (χ0) is 16.2. The number of halogens is 1. The molecule has 0 spiro atoms. The first-order valence-electron chi connectivity index (χ1n) is 7.53. The van der Waals surface area contributed by atoms with Gasteiger partial charge in [0.1, 0.15) is 11.5 Å². The summed E-state index contributed by atoms with van der Waals surface area (Å²) in [7, 11) is 1.65. The molecule has 0 aromatic heterocycles. The van der Waals surface area contributed by atoms with Gasteiger partial charge in [-0.15, -0.1) is 0 Å². The van der Waals surface area contributed by atoms with Gasteiger partial charge in [-0.3, -0.25) is 4.79 Å². The molecule has 0 radical (unpaired) electrons. The Morgan fingerprint density at radius 1 is 1.22 bits per heavy atom. The lowest BCUT2D eigenvalue weighted by atomic mass is 10.0. The van der Waals surface area contributed by atoms with Crippen LogP contribution in [0.15, 0.2) is 42.5 Å². The number of aryl methyl sites for hydroxylation is 1. The molecule has 1 amide bonds. The number of methoxy groups -OCH3 is 1. The van der Waals surface area contributed by atoms with Crippen LogP contribution >= 0.6 is 11.6 Å². The first-order valence-corrected chi connectivity index (χ1v) is 7.91. The Morgan fingerprint density at radius 3 is 2.87 bits per heavy atom. The maximum atomic E-state index is 12.5. The Bertz CT molecular complexity index is 717. The molecule has 0 bridgehead atoms. The Kier molecular flexibility index (Phi) is 4.72. The van der Waals surface area contributed by atoms with Crippen molar-refractivity contribution in [2.75, 3.05) is 25.2 Å². The fourth-order valence-electron chi connectivity index (χ4n) is 2.74. The van der Waals surface area contributed by atoms with Gasteiger partial charge in [0.05, 0.1) is 7.11 Å². The van der Waals surface area contributed by atoms with Crippen LogP contribution in [0, 0.1) is 0 Å². The molecular formula is C18H18ClNO3. The second-order valence-corrected chi connectivity index (χ2v) is 5.83. The van der Waals surface area contributed by atoms with Crippen LogP contribution in [0.25, 0.3) is 0 Å². The lowest BCUT2D eigenvalue weighted by Gasteiger charge is -2.29. The van der Waals surface area contributed by atoms with Crippen molar-refractivity contribution in [3.8, 4) is 11.5 Å². The van der Waals surface area contributed by atoms with Crippen molar-refractivity contribution in [2.24, 2.45) is 0 Å². The zero-order valence-electron chi connectivity index (χ0n) is 12.9. The van der Waals surface area contributed by atoms with Gasteiger partial charge in [-0.05, 0) is 54.8 Å². The molecule has 1 aliphatic rings. The minimum atomic E-state index is -0.0592. The van der Waals surface area contributed by atoms with Crippen LogP contribution in [0.2, 0.25) is 5.02 Å². The van der Waals surface area contributed by atoms with Gasteiger partial charge in [-0.1, -0.05) is 17.7 Å². The van der Waals surface area contributed by atoms with Crippen LogP contribution < -0.4 is 14.4 Å². The first kappa shape index (κ1) is 15.7. The van der Waals surface area contributed by atoms with E-state index >= 15 is 0 Å². The van der Waals surface area contributed by atoms with E-state index in [0.717, 1.165) is 29.8 Å². The highest BCUT2D eigenvalue weighted by molar-refractivity contribution is 6.30. The molecule has 0 saturated carbocycles. The van der Waals surface area contributed by atoms with Crippen LogP contribution in [-0.4, -0.2) is 26.2 Å². The van der Waals surface area contributed by atoms with Crippen LogP contribution in [0.4, 0.5) is 5.69 Å². The largest absolute Gasteiger partial charge is 0.497 e. The number of rotatable bonds is 4. The summed E-state index contributed by atoms with van der Waals surface area (Å²) in [6.07, 6.45) is 1.88. The van der Waals surface area contributed by atoms with Crippen LogP contribution in [0.5, 0.6) is 11.5 Å². The fourth-order valence-corrected chi connectivity index (χ4v) is 2.92. The normalized spacial score (nSPS) is 13.4. The molecule has 0 saturated heterocycles.